The zero-order valence-corrected chi connectivity index (χ0v) is 11.8. The highest BCUT2D eigenvalue weighted by atomic mass is 35.5. The molecule has 110 valence electrons. The second-order valence-electron chi connectivity index (χ2n) is 4.83. The number of hydrogen-bond acceptors (Lipinski definition) is 4. The van der Waals surface area contributed by atoms with Gasteiger partial charge in [-0.1, -0.05) is 12.8 Å². The van der Waals surface area contributed by atoms with Gasteiger partial charge in [0.05, 0.1) is 31.8 Å². The van der Waals surface area contributed by atoms with Crippen molar-refractivity contribution < 1.29 is 14.3 Å². The lowest BCUT2D eigenvalue weighted by Gasteiger charge is -2.43. The Morgan fingerprint density at radius 2 is 2.05 bits per heavy atom. The van der Waals surface area contributed by atoms with E-state index in [2.05, 4.69) is 5.32 Å². The summed E-state index contributed by atoms with van der Waals surface area (Å²) in [5.74, 6) is -0.325. The molecule has 6 nitrogen and oxygen atoms in total. The molecule has 2 unspecified atom stereocenters. The summed E-state index contributed by atoms with van der Waals surface area (Å²) in [4.78, 5) is 25.0. The van der Waals surface area contributed by atoms with Crippen LogP contribution in [0.25, 0.3) is 0 Å². The molecule has 2 amide bonds. The van der Waals surface area contributed by atoms with Crippen LogP contribution in [-0.4, -0.2) is 55.1 Å². The summed E-state index contributed by atoms with van der Waals surface area (Å²) >= 11 is 0. The minimum absolute atomic E-state index is 0. The van der Waals surface area contributed by atoms with Crippen LogP contribution in [0.1, 0.15) is 25.7 Å². The molecule has 0 radical (unpaired) electrons. The first-order valence-electron chi connectivity index (χ1n) is 6.60. The van der Waals surface area contributed by atoms with E-state index in [1.54, 1.807) is 0 Å². The van der Waals surface area contributed by atoms with E-state index in [0.717, 1.165) is 19.3 Å². The quantitative estimate of drug-likeness (QED) is 0.745. The van der Waals surface area contributed by atoms with Crippen molar-refractivity contribution in [3.63, 3.8) is 0 Å². The maximum absolute atomic E-state index is 12.1. The predicted molar refractivity (Wildman–Crippen MR) is 73.0 cm³/mol. The molecule has 0 aromatic rings. The fourth-order valence-corrected chi connectivity index (χ4v) is 2.75. The van der Waals surface area contributed by atoms with Gasteiger partial charge in [-0.25, -0.2) is 0 Å². The molecule has 1 heterocycles. The van der Waals surface area contributed by atoms with Crippen LogP contribution in [0.2, 0.25) is 0 Å². The fraction of sp³-hybridized carbons (Fsp3) is 0.833. The third kappa shape index (κ3) is 4.06. The average Bonchev–Trinajstić information content (AvgIpc) is 2.43. The van der Waals surface area contributed by atoms with Gasteiger partial charge in [0.25, 0.3) is 0 Å². The minimum Gasteiger partial charge on any atom is -0.374 e. The van der Waals surface area contributed by atoms with E-state index in [4.69, 9.17) is 10.5 Å². The highest BCUT2D eigenvalue weighted by Gasteiger charge is 2.36. The van der Waals surface area contributed by atoms with Gasteiger partial charge < -0.3 is 20.7 Å². The van der Waals surface area contributed by atoms with Gasteiger partial charge in [-0.3, -0.25) is 9.59 Å². The number of halogens is 1. The van der Waals surface area contributed by atoms with E-state index >= 15 is 0 Å². The summed E-state index contributed by atoms with van der Waals surface area (Å²) in [7, 11) is 0. The van der Waals surface area contributed by atoms with Crippen molar-refractivity contribution in [1.82, 2.24) is 10.2 Å². The zero-order valence-electron chi connectivity index (χ0n) is 11.0. The summed E-state index contributed by atoms with van der Waals surface area (Å²) in [6.07, 6.45) is 4.53. The second kappa shape index (κ2) is 7.67. The summed E-state index contributed by atoms with van der Waals surface area (Å²) in [5.41, 5.74) is 5.19. The number of carbonyl (C=O) groups excluding carboxylic acids is 2. The van der Waals surface area contributed by atoms with E-state index in [1.165, 1.54) is 6.42 Å². The first kappa shape index (κ1) is 16.2. The summed E-state index contributed by atoms with van der Waals surface area (Å²) in [6, 6.07) is 0.190. The maximum atomic E-state index is 12.1. The summed E-state index contributed by atoms with van der Waals surface area (Å²) in [6.45, 7) is 1.18. The van der Waals surface area contributed by atoms with Gasteiger partial charge in [0, 0.05) is 6.54 Å². The lowest BCUT2D eigenvalue weighted by Crippen LogP contribution is -2.56. The van der Waals surface area contributed by atoms with Gasteiger partial charge in [-0.2, -0.15) is 0 Å². The topological polar surface area (TPSA) is 84.7 Å². The molecule has 1 aliphatic heterocycles. The van der Waals surface area contributed by atoms with E-state index < -0.39 is 0 Å². The molecule has 0 spiro atoms. The number of rotatable bonds is 3. The van der Waals surface area contributed by atoms with Gasteiger partial charge in [0.15, 0.2) is 0 Å². The summed E-state index contributed by atoms with van der Waals surface area (Å²) in [5, 5.41) is 2.53. The number of nitrogens with one attached hydrogen (secondary N) is 1. The lowest BCUT2D eigenvalue weighted by molar-refractivity contribution is -0.149. The largest absolute Gasteiger partial charge is 0.374 e. The van der Waals surface area contributed by atoms with Crippen LogP contribution in [0.15, 0.2) is 0 Å². The summed E-state index contributed by atoms with van der Waals surface area (Å²) < 4.78 is 5.71. The third-order valence-corrected chi connectivity index (χ3v) is 3.67. The molecule has 2 rings (SSSR count). The Kier molecular flexibility index (Phi) is 6.54. The molecule has 1 aliphatic carbocycles. The predicted octanol–water partition coefficient (Wildman–Crippen LogP) is -0.347. The number of nitrogens with zero attached hydrogens (tertiary/aromatic N) is 1. The highest BCUT2D eigenvalue weighted by Crippen LogP contribution is 2.28. The van der Waals surface area contributed by atoms with Gasteiger partial charge in [0.1, 0.15) is 0 Å². The van der Waals surface area contributed by atoms with E-state index in [1.807, 2.05) is 4.90 Å². The van der Waals surface area contributed by atoms with Crippen LogP contribution in [0.4, 0.5) is 0 Å². The monoisotopic (exact) mass is 291 g/mol. The van der Waals surface area contributed by atoms with Crippen LogP contribution in [0, 0.1) is 0 Å². The van der Waals surface area contributed by atoms with Crippen LogP contribution >= 0.6 is 12.4 Å². The fourth-order valence-electron chi connectivity index (χ4n) is 2.75. The first-order valence-corrected chi connectivity index (χ1v) is 6.60. The van der Waals surface area contributed by atoms with Crippen molar-refractivity contribution in [2.45, 2.75) is 37.8 Å². The minimum atomic E-state index is -0.295. The average molecular weight is 292 g/mol. The molecule has 1 saturated heterocycles. The number of carbonyl (C=O) groups is 2. The van der Waals surface area contributed by atoms with E-state index in [-0.39, 0.29) is 49.5 Å². The van der Waals surface area contributed by atoms with E-state index in [9.17, 15) is 9.59 Å². The molecule has 2 atom stereocenters. The molecule has 0 aromatic carbocycles. The van der Waals surface area contributed by atoms with Crippen molar-refractivity contribution in [2.24, 2.45) is 5.73 Å². The molecular formula is C12H22ClN3O3. The molecule has 1 saturated carbocycles. The van der Waals surface area contributed by atoms with Crippen LogP contribution in [0.3, 0.4) is 0 Å². The van der Waals surface area contributed by atoms with Crippen LogP contribution in [0.5, 0.6) is 0 Å². The highest BCUT2D eigenvalue weighted by molar-refractivity contribution is 5.86. The van der Waals surface area contributed by atoms with Crippen LogP contribution < -0.4 is 11.1 Å². The maximum Gasteiger partial charge on any atom is 0.242 e. The zero-order chi connectivity index (χ0) is 13.0. The molecule has 2 fully saturated rings. The Hall–Kier alpha value is -0.850. The Morgan fingerprint density at radius 1 is 1.32 bits per heavy atom. The number of morpholine rings is 1. The number of nitrogens with two attached hydrogens (primary N) is 1. The number of amides is 2. The second-order valence-corrected chi connectivity index (χ2v) is 4.83. The smallest absolute Gasteiger partial charge is 0.242 e. The SMILES string of the molecule is Cl.NCC(=O)NCC(=O)N1CCOC2CCCCC21. The van der Waals surface area contributed by atoms with Crippen molar-refractivity contribution in [2.75, 3.05) is 26.2 Å². The van der Waals surface area contributed by atoms with Gasteiger partial charge in [0.2, 0.25) is 11.8 Å². The first-order chi connectivity index (χ1) is 8.72. The molecule has 2 aliphatic rings. The van der Waals surface area contributed by atoms with Crippen molar-refractivity contribution in [1.29, 1.82) is 0 Å². The Labute approximate surface area is 119 Å². The van der Waals surface area contributed by atoms with Crippen molar-refractivity contribution in [3.05, 3.63) is 0 Å². The van der Waals surface area contributed by atoms with Gasteiger partial charge in [-0.05, 0) is 12.8 Å². The molecule has 0 bridgehead atoms. The molecule has 19 heavy (non-hydrogen) atoms. The Bertz CT molecular complexity index is 325. The molecule has 0 aromatic heterocycles. The Balaban J connectivity index is 0.00000180. The van der Waals surface area contributed by atoms with Gasteiger partial charge in [-0.15, -0.1) is 12.4 Å². The number of ether oxygens (including phenoxy) is 1. The van der Waals surface area contributed by atoms with Crippen molar-refractivity contribution in [3.8, 4) is 0 Å². The molecular weight excluding hydrogens is 270 g/mol. The van der Waals surface area contributed by atoms with E-state index in [0.29, 0.717) is 13.2 Å². The molecule has 3 N–H and O–H groups in total. The number of hydrogen-bond donors (Lipinski definition) is 2. The third-order valence-electron chi connectivity index (χ3n) is 3.67. The van der Waals surface area contributed by atoms with Crippen molar-refractivity contribution >= 4 is 24.2 Å². The standard InChI is InChI=1S/C12H21N3O3.ClH/c13-7-11(16)14-8-12(17)15-5-6-18-10-4-2-1-3-9(10)15;/h9-10H,1-8,13H2,(H,14,16);1H. The Morgan fingerprint density at radius 3 is 2.79 bits per heavy atom. The molecule has 7 heteroatoms. The number of fused-ring (bicyclic) bond motifs is 1. The van der Waals surface area contributed by atoms with Gasteiger partial charge >= 0.3 is 0 Å². The normalized spacial score (nSPS) is 26.1. The lowest BCUT2D eigenvalue weighted by atomic mass is 9.90. The van der Waals surface area contributed by atoms with Crippen LogP contribution in [-0.2, 0) is 14.3 Å².